The van der Waals surface area contributed by atoms with Crippen LogP contribution in [0.25, 0.3) is 0 Å². The van der Waals surface area contributed by atoms with Crippen molar-refractivity contribution in [3.63, 3.8) is 0 Å². The molecule has 1 unspecified atom stereocenters. The summed E-state index contributed by atoms with van der Waals surface area (Å²) >= 11 is 0. The molecule has 1 fully saturated rings. The van der Waals surface area contributed by atoms with Crippen LogP contribution in [0.15, 0.2) is 18.2 Å². The van der Waals surface area contributed by atoms with Gasteiger partial charge in [-0.05, 0) is 49.3 Å². The van der Waals surface area contributed by atoms with Crippen molar-refractivity contribution < 1.29 is 4.79 Å². The zero-order valence-corrected chi connectivity index (χ0v) is 14.0. The maximum atomic E-state index is 12.8. The predicted molar refractivity (Wildman–Crippen MR) is 88.8 cm³/mol. The van der Waals surface area contributed by atoms with Crippen LogP contribution in [-0.2, 0) is 0 Å². The van der Waals surface area contributed by atoms with Gasteiger partial charge in [-0.15, -0.1) is 0 Å². The van der Waals surface area contributed by atoms with Gasteiger partial charge in [0.2, 0.25) is 0 Å². The van der Waals surface area contributed by atoms with E-state index < -0.39 is 0 Å². The second kappa shape index (κ2) is 6.08. The van der Waals surface area contributed by atoms with Crippen molar-refractivity contribution in [2.45, 2.75) is 41.0 Å². The summed E-state index contributed by atoms with van der Waals surface area (Å²) in [6.07, 6.45) is 1.11. The van der Waals surface area contributed by atoms with Crippen molar-refractivity contribution in [1.82, 2.24) is 4.90 Å². The molecule has 1 atom stereocenters. The SMILES string of the molecule is CCNc1cc(C)ccc1C(=O)N1CCC(C(C)(C)C)C1. The van der Waals surface area contributed by atoms with Crippen molar-refractivity contribution in [2.24, 2.45) is 11.3 Å². The number of amides is 1. The van der Waals surface area contributed by atoms with E-state index in [2.05, 4.69) is 46.0 Å². The van der Waals surface area contributed by atoms with E-state index in [0.717, 1.165) is 37.3 Å². The highest BCUT2D eigenvalue weighted by Gasteiger charge is 2.34. The lowest BCUT2D eigenvalue weighted by atomic mass is 9.80. The van der Waals surface area contributed by atoms with Crippen molar-refractivity contribution in [2.75, 3.05) is 25.0 Å². The molecule has 0 aromatic heterocycles. The van der Waals surface area contributed by atoms with Gasteiger partial charge in [0, 0.05) is 25.3 Å². The summed E-state index contributed by atoms with van der Waals surface area (Å²) < 4.78 is 0. The average Bonchev–Trinajstić information content (AvgIpc) is 2.88. The number of anilines is 1. The van der Waals surface area contributed by atoms with E-state index in [1.165, 1.54) is 5.56 Å². The molecule has 1 aromatic carbocycles. The van der Waals surface area contributed by atoms with Crippen molar-refractivity contribution in [3.8, 4) is 0 Å². The molecule has 3 heteroatoms. The summed E-state index contributed by atoms with van der Waals surface area (Å²) in [5.41, 5.74) is 3.21. The van der Waals surface area contributed by atoms with Gasteiger partial charge in [-0.25, -0.2) is 0 Å². The average molecular weight is 288 g/mol. The van der Waals surface area contributed by atoms with Gasteiger partial charge in [0.05, 0.1) is 5.56 Å². The number of rotatable bonds is 3. The number of nitrogens with zero attached hydrogens (tertiary/aromatic N) is 1. The maximum Gasteiger partial charge on any atom is 0.255 e. The maximum absolute atomic E-state index is 12.8. The molecular weight excluding hydrogens is 260 g/mol. The highest BCUT2D eigenvalue weighted by atomic mass is 16.2. The zero-order valence-electron chi connectivity index (χ0n) is 14.0. The van der Waals surface area contributed by atoms with E-state index in [1.54, 1.807) is 0 Å². The highest BCUT2D eigenvalue weighted by molar-refractivity contribution is 5.99. The number of hydrogen-bond donors (Lipinski definition) is 1. The van der Waals surface area contributed by atoms with Gasteiger partial charge < -0.3 is 10.2 Å². The van der Waals surface area contributed by atoms with E-state index in [-0.39, 0.29) is 11.3 Å². The van der Waals surface area contributed by atoms with Gasteiger partial charge in [-0.1, -0.05) is 26.8 Å². The molecule has 0 bridgehead atoms. The Balaban J connectivity index is 2.18. The fourth-order valence-corrected chi connectivity index (χ4v) is 3.00. The molecule has 1 aromatic rings. The Labute approximate surface area is 128 Å². The Morgan fingerprint density at radius 2 is 2.10 bits per heavy atom. The lowest BCUT2D eigenvalue weighted by Crippen LogP contribution is -2.31. The number of benzene rings is 1. The summed E-state index contributed by atoms with van der Waals surface area (Å²) in [5.74, 6) is 0.757. The van der Waals surface area contributed by atoms with Crippen LogP contribution in [-0.4, -0.2) is 30.4 Å². The van der Waals surface area contributed by atoms with Crippen LogP contribution in [0.2, 0.25) is 0 Å². The molecule has 116 valence electrons. The number of aryl methyl sites for hydroxylation is 1. The first kappa shape index (κ1) is 15.9. The van der Waals surface area contributed by atoms with Crippen molar-refractivity contribution >= 4 is 11.6 Å². The largest absolute Gasteiger partial charge is 0.385 e. The molecule has 0 saturated carbocycles. The molecule has 2 rings (SSSR count). The molecule has 1 aliphatic heterocycles. The number of carbonyl (C=O) groups is 1. The van der Waals surface area contributed by atoms with Gasteiger partial charge in [-0.3, -0.25) is 4.79 Å². The van der Waals surface area contributed by atoms with Gasteiger partial charge in [0.1, 0.15) is 0 Å². The third-order valence-electron chi connectivity index (χ3n) is 4.47. The lowest BCUT2D eigenvalue weighted by molar-refractivity contribution is 0.0777. The predicted octanol–water partition coefficient (Wildman–Crippen LogP) is 3.94. The number of hydrogen-bond acceptors (Lipinski definition) is 2. The van der Waals surface area contributed by atoms with Gasteiger partial charge >= 0.3 is 0 Å². The van der Waals surface area contributed by atoms with Crippen LogP contribution in [0.4, 0.5) is 5.69 Å². The smallest absolute Gasteiger partial charge is 0.255 e. The van der Waals surface area contributed by atoms with E-state index in [9.17, 15) is 4.79 Å². The minimum absolute atomic E-state index is 0.165. The molecule has 1 aliphatic rings. The fraction of sp³-hybridized carbons (Fsp3) is 0.611. The number of carbonyl (C=O) groups excluding carboxylic acids is 1. The van der Waals surface area contributed by atoms with E-state index in [1.807, 2.05) is 17.0 Å². The van der Waals surface area contributed by atoms with Gasteiger partial charge in [0.15, 0.2) is 0 Å². The first-order chi connectivity index (χ1) is 9.82. The molecule has 0 aliphatic carbocycles. The Hall–Kier alpha value is -1.51. The van der Waals surface area contributed by atoms with Crippen LogP contribution in [0.5, 0.6) is 0 Å². The summed E-state index contributed by atoms with van der Waals surface area (Å²) in [6, 6.07) is 6.04. The third-order valence-corrected chi connectivity index (χ3v) is 4.47. The van der Waals surface area contributed by atoms with Crippen molar-refractivity contribution in [1.29, 1.82) is 0 Å². The molecule has 3 nitrogen and oxygen atoms in total. The summed E-state index contributed by atoms with van der Waals surface area (Å²) in [5, 5.41) is 3.32. The number of nitrogens with one attached hydrogen (secondary N) is 1. The first-order valence-electron chi connectivity index (χ1n) is 7.96. The third kappa shape index (κ3) is 3.58. The van der Waals surface area contributed by atoms with E-state index in [4.69, 9.17) is 0 Å². The molecular formula is C18H28N2O. The molecule has 0 radical (unpaired) electrons. The second-order valence-corrected chi connectivity index (χ2v) is 7.18. The molecule has 1 amide bonds. The number of likely N-dealkylation sites (tertiary alicyclic amines) is 1. The second-order valence-electron chi connectivity index (χ2n) is 7.18. The van der Waals surface area contributed by atoms with Crippen molar-refractivity contribution in [3.05, 3.63) is 29.3 Å². The van der Waals surface area contributed by atoms with Crippen LogP contribution in [0, 0.1) is 18.3 Å². The van der Waals surface area contributed by atoms with Crippen LogP contribution in [0.3, 0.4) is 0 Å². The Morgan fingerprint density at radius 3 is 2.67 bits per heavy atom. The molecule has 1 heterocycles. The molecule has 1 N–H and O–H groups in total. The van der Waals surface area contributed by atoms with E-state index in [0.29, 0.717) is 5.92 Å². The Kier molecular flexibility index (Phi) is 4.60. The summed E-state index contributed by atoms with van der Waals surface area (Å²) in [4.78, 5) is 14.8. The highest BCUT2D eigenvalue weighted by Crippen LogP contribution is 2.34. The first-order valence-corrected chi connectivity index (χ1v) is 7.96. The monoisotopic (exact) mass is 288 g/mol. The quantitative estimate of drug-likeness (QED) is 0.914. The minimum Gasteiger partial charge on any atom is -0.385 e. The van der Waals surface area contributed by atoms with E-state index >= 15 is 0 Å². The van der Waals surface area contributed by atoms with Crippen LogP contribution in [0.1, 0.15) is 50.0 Å². The zero-order chi connectivity index (χ0) is 15.6. The van der Waals surface area contributed by atoms with Crippen LogP contribution >= 0.6 is 0 Å². The Morgan fingerprint density at radius 1 is 1.38 bits per heavy atom. The molecule has 1 saturated heterocycles. The van der Waals surface area contributed by atoms with Crippen LogP contribution < -0.4 is 5.32 Å². The molecule has 21 heavy (non-hydrogen) atoms. The van der Waals surface area contributed by atoms with Gasteiger partial charge in [-0.2, -0.15) is 0 Å². The standard InChI is InChI=1S/C18H28N2O/c1-6-19-16-11-13(2)7-8-15(16)17(21)20-10-9-14(12-20)18(3,4)5/h7-8,11,14,19H,6,9-10,12H2,1-5H3. The summed E-state index contributed by atoms with van der Waals surface area (Å²) in [7, 11) is 0. The topological polar surface area (TPSA) is 32.3 Å². The Bertz CT molecular complexity index is 516. The molecule has 0 spiro atoms. The minimum atomic E-state index is 0.165. The normalized spacial score (nSPS) is 18.9. The van der Waals surface area contributed by atoms with Gasteiger partial charge in [0.25, 0.3) is 5.91 Å². The summed E-state index contributed by atoms with van der Waals surface area (Å²) in [6.45, 7) is 13.5. The fourth-order valence-electron chi connectivity index (χ4n) is 3.00. The lowest BCUT2D eigenvalue weighted by Gasteiger charge is -2.27.